The summed E-state index contributed by atoms with van der Waals surface area (Å²) in [5, 5.41) is 11.6. The van der Waals surface area contributed by atoms with E-state index in [0.29, 0.717) is 12.1 Å². The van der Waals surface area contributed by atoms with Gasteiger partial charge in [0.25, 0.3) is 0 Å². The molecular weight excluding hydrogens is 282 g/mol. The number of hydrogen-bond donors (Lipinski definition) is 1. The van der Waals surface area contributed by atoms with Gasteiger partial charge in [0.2, 0.25) is 0 Å². The predicted molar refractivity (Wildman–Crippen MR) is 94.2 cm³/mol. The van der Waals surface area contributed by atoms with E-state index in [1.54, 1.807) is 0 Å². The maximum atomic E-state index is 11.6. The Balaban J connectivity index is 1.76. The lowest BCUT2D eigenvalue weighted by Gasteiger charge is -2.51. The second-order valence-electron chi connectivity index (χ2n) is 7.26. The van der Waals surface area contributed by atoms with E-state index in [2.05, 4.69) is 60.5 Å². The molecule has 4 rings (SSSR count). The van der Waals surface area contributed by atoms with Crippen molar-refractivity contribution < 1.29 is 5.11 Å². The van der Waals surface area contributed by atoms with Crippen LogP contribution in [0.25, 0.3) is 11.1 Å². The largest absolute Gasteiger partial charge is 0.385 e. The van der Waals surface area contributed by atoms with E-state index < -0.39 is 5.60 Å². The summed E-state index contributed by atoms with van der Waals surface area (Å²) >= 11 is 0. The molecule has 23 heavy (non-hydrogen) atoms. The molecule has 2 heterocycles. The van der Waals surface area contributed by atoms with Gasteiger partial charge in [-0.1, -0.05) is 61.0 Å². The molecule has 2 atom stereocenters. The van der Waals surface area contributed by atoms with Crippen LogP contribution in [0.1, 0.15) is 37.7 Å². The van der Waals surface area contributed by atoms with E-state index in [9.17, 15) is 5.11 Å². The van der Waals surface area contributed by atoms with E-state index >= 15 is 0 Å². The maximum absolute atomic E-state index is 11.6. The summed E-state index contributed by atoms with van der Waals surface area (Å²) in [4.78, 5) is 2.50. The topological polar surface area (TPSA) is 23.5 Å². The Hall–Kier alpha value is -1.64. The van der Waals surface area contributed by atoms with Gasteiger partial charge in [-0.25, -0.2) is 0 Å². The monoisotopic (exact) mass is 307 g/mol. The van der Waals surface area contributed by atoms with Crippen LogP contribution in [0.3, 0.4) is 0 Å². The normalized spacial score (nSPS) is 31.0. The number of rotatable bonds is 2. The van der Waals surface area contributed by atoms with Crippen molar-refractivity contribution in [1.82, 2.24) is 4.90 Å². The van der Waals surface area contributed by atoms with Crippen molar-refractivity contribution in [2.45, 2.75) is 49.8 Å². The van der Waals surface area contributed by atoms with Crippen molar-refractivity contribution in [2.75, 3.05) is 7.05 Å². The molecule has 2 nitrogen and oxygen atoms in total. The number of hydrogen-bond acceptors (Lipinski definition) is 2. The summed E-state index contributed by atoms with van der Waals surface area (Å²) in [5.41, 5.74) is 2.78. The quantitative estimate of drug-likeness (QED) is 0.899. The lowest BCUT2D eigenvalue weighted by atomic mass is 9.71. The number of aliphatic hydroxyl groups is 1. The highest BCUT2D eigenvalue weighted by molar-refractivity contribution is 5.68. The van der Waals surface area contributed by atoms with Gasteiger partial charge in [-0.3, -0.25) is 0 Å². The van der Waals surface area contributed by atoms with Crippen LogP contribution in [-0.4, -0.2) is 29.1 Å². The minimum absolute atomic E-state index is 0.510. The average molecular weight is 307 g/mol. The fourth-order valence-electron chi connectivity index (χ4n) is 4.63. The van der Waals surface area contributed by atoms with Crippen molar-refractivity contribution >= 4 is 0 Å². The summed E-state index contributed by atoms with van der Waals surface area (Å²) < 4.78 is 0. The fourth-order valence-corrected chi connectivity index (χ4v) is 4.63. The van der Waals surface area contributed by atoms with Crippen LogP contribution in [0.5, 0.6) is 0 Å². The molecule has 2 saturated heterocycles. The molecule has 0 spiro atoms. The van der Waals surface area contributed by atoms with Gasteiger partial charge in [-0.15, -0.1) is 0 Å². The lowest BCUT2D eigenvalue weighted by Crippen LogP contribution is -2.55. The molecule has 2 aliphatic rings. The van der Waals surface area contributed by atoms with Gasteiger partial charge in [0.05, 0.1) is 5.60 Å². The molecule has 2 fully saturated rings. The number of nitrogens with zero attached hydrogens (tertiary/aromatic N) is 1. The first kappa shape index (κ1) is 14.9. The molecule has 120 valence electrons. The van der Waals surface area contributed by atoms with E-state index in [1.807, 2.05) is 6.07 Å². The Morgan fingerprint density at radius 2 is 1.52 bits per heavy atom. The Labute approximate surface area is 138 Å². The van der Waals surface area contributed by atoms with Gasteiger partial charge < -0.3 is 10.0 Å². The molecule has 2 aromatic carbocycles. The number of benzene rings is 2. The van der Waals surface area contributed by atoms with Crippen LogP contribution in [0.15, 0.2) is 54.6 Å². The summed E-state index contributed by atoms with van der Waals surface area (Å²) in [6.45, 7) is 0. The van der Waals surface area contributed by atoms with E-state index in [4.69, 9.17) is 0 Å². The second kappa shape index (κ2) is 5.77. The summed E-state index contributed by atoms with van der Waals surface area (Å²) in [7, 11) is 2.23. The molecule has 0 saturated carbocycles. The van der Waals surface area contributed by atoms with Crippen LogP contribution in [-0.2, 0) is 5.60 Å². The molecule has 2 bridgehead atoms. The summed E-state index contributed by atoms with van der Waals surface area (Å²) in [5.74, 6) is 0. The van der Waals surface area contributed by atoms with Crippen molar-refractivity contribution in [3.8, 4) is 11.1 Å². The molecule has 2 aliphatic heterocycles. The third-order valence-electron chi connectivity index (χ3n) is 5.89. The van der Waals surface area contributed by atoms with Crippen molar-refractivity contribution in [3.63, 3.8) is 0 Å². The molecule has 2 unspecified atom stereocenters. The first-order valence-electron chi connectivity index (χ1n) is 8.77. The number of fused-ring (bicyclic) bond motifs is 2. The fraction of sp³-hybridized carbons (Fsp3) is 0.429. The van der Waals surface area contributed by atoms with Crippen molar-refractivity contribution in [2.24, 2.45) is 0 Å². The predicted octanol–water partition coefficient (Wildman–Crippen LogP) is 4.19. The SMILES string of the molecule is CN1C2CCCC1CC(O)(c1ccccc1-c1ccccc1)C2. The zero-order valence-electron chi connectivity index (χ0n) is 13.8. The summed E-state index contributed by atoms with van der Waals surface area (Å²) in [6.07, 6.45) is 5.43. The molecule has 2 heteroatoms. The van der Waals surface area contributed by atoms with Crippen LogP contribution >= 0.6 is 0 Å². The Kier molecular flexibility index (Phi) is 3.74. The van der Waals surface area contributed by atoms with Gasteiger partial charge in [0, 0.05) is 12.1 Å². The van der Waals surface area contributed by atoms with Gasteiger partial charge >= 0.3 is 0 Å². The molecule has 0 radical (unpaired) electrons. The Morgan fingerprint density at radius 1 is 0.913 bits per heavy atom. The first-order valence-corrected chi connectivity index (χ1v) is 8.77. The zero-order chi connectivity index (χ0) is 15.9. The molecule has 0 aliphatic carbocycles. The second-order valence-corrected chi connectivity index (χ2v) is 7.26. The highest BCUT2D eigenvalue weighted by Gasteiger charge is 2.45. The third-order valence-corrected chi connectivity index (χ3v) is 5.89. The Bertz CT molecular complexity index is 667. The molecule has 2 aromatic rings. The first-order chi connectivity index (χ1) is 11.2. The maximum Gasteiger partial charge on any atom is 0.0932 e. The minimum Gasteiger partial charge on any atom is -0.385 e. The van der Waals surface area contributed by atoms with Crippen LogP contribution < -0.4 is 0 Å². The lowest BCUT2D eigenvalue weighted by molar-refractivity contribution is -0.0871. The third kappa shape index (κ3) is 2.60. The van der Waals surface area contributed by atoms with Crippen LogP contribution in [0.2, 0.25) is 0 Å². The molecular formula is C21H25NO. The van der Waals surface area contributed by atoms with E-state index in [-0.39, 0.29) is 0 Å². The van der Waals surface area contributed by atoms with Crippen LogP contribution in [0, 0.1) is 0 Å². The van der Waals surface area contributed by atoms with Crippen molar-refractivity contribution in [3.05, 3.63) is 60.2 Å². The average Bonchev–Trinajstić information content (AvgIpc) is 2.57. The van der Waals surface area contributed by atoms with E-state index in [0.717, 1.165) is 18.4 Å². The van der Waals surface area contributed by atoms with Gasteiger partial charge in [-0.2, -0.15) is 0 Å². The highest BCUT2D eigenvalue weighted by atomic mass is 16.3. The minimum atomic E-state index is -0.700. The summed E-state index contributed by atoms with van der Waals surface area (Å²) in [6, 6.07) is 19.9. The standard InChI is InChI=1S/C21H25NO/c1-22-17-10-7-11-18(22)15-21(23,14-17)20-13-6-5-12-19(20)16-8-3-2-4-9-16/h2-6,8-9,12-13,17-18,23H,7,10-11,14-15H2,1H3. The molecule has 1 N–H and O–H groups in total. The van der Waals surface area contributed by atoms with Gasteiger partial charge in [-0.05, 0) is 49.4 Å². The Morgan fingerprint density at radius 3 is 2.22 bits per heavy atom. The molecule has 0 amide bonds. The van der Waals surface area contributed by atoms with Crippen LogP contribution in [0.4, 0.5) is 0 Å². The highest BCUT2D eigenvalue weighted by Crippen LogP contribution is 2.46. The smallest absolute Gasteiger partial charge is 0.0932 e. The van der Waals surface area contributed by atoms with Gasteiger partial charge in [0.1, 0.15) is 0 Å². The van der Waals surface area contributed by atoms with Crippen molar-refractivity contribution in [1.29, 1.82) is 0 Å². The van der Waals surface area contributed by atoms with E-state index in [1.165, 1.54) is 30.4 Å². The number of piperidine rings is 2. The molecule has 0 aromatic heterocycles. The zero-order valence-corrected chi connectivity index (χ0v) is 13.8. The van der Waals surface area contributed by atoms with Gasteiger partial charge in [0.15, 0.2) is 0 Å².